The van der Waals surface area contributed by atoms with Crippen LogP contribution in [0.15, 0.2) is 60.3 Å². The maximum Gasteiger partial charge on any atom is 0.213 e. The number of piperidine rings is 1. The Labute approximate surface area is 247 Å². The predicted molar refractivity (Wildman–Crippen MR) is 164 cm³/mol. The first kappa shape index (κ1) is 27.1. The van der Waals surface area contributed by atoms with Gasteiger partial charge in [0.15, 0.2) is 0 Å². The first-order valence-electron chi connectivity index (χ1n) is 15.4. The van der Waals surface area contributed by atoms with Gasteiger partial charge in [0.05, 0.1) is 41.6 Å². The molecule has 5 heterocycles. The predicted octanol–water partition coefficient (Wildman–Crippen LogP) is 5.59. The summed E-state index contributed by atoms with van der Waals surface area (Å²) >= 11 is 0. The summed E-state index contributed by atoms with van der Waals surface area (Å²) in [5.41, 5.74) is 13.5. The maximum absolute atomic E-state index is 6.18. The van der Waals surface area contributed by atoms with Crippen LogP contribution in [0.1, 0.15) is 66.5 Å². The van der Waals surface area contributed by atoms with E-state index in [1.54, 1.807) is 0 Å². The van der Waals surface area contributed by atoms with Crippen molar-refractivity contribution >= 4 is 17.1 Å². The molecule has 1 aliphatic carbocycles. The third-order valence-electron chi connectivity index (χ3n) is 8.84. The molecule has 0 spiro atoms. The first-order chi connectivity index (χ1) is 20.6. The topological polar surface area (TPSA) is 91.3 Å². The fourth-order valence-corrected chi connectivity index (χ4v) is 6.08. The number of aryl methyl sites for hydroxylation is 1. The number of nitrogens with zero attached hydrogens (tertiary/aromatic N) is 5. The van der Waals surface area contributed by atoms with Gasteiger partial charge in [-0.2, -0.15) is 0 Å². The van der Waals surface area contributed by atoms with E-state index in [1.807, 2.05) is 30.3 Å². The summed E-state index contributed by atoms with van der Waals surface area (Å²) in [6.07, 6.45) is 7.93. The third-order valence-corrected chi connectivity index (χ3v) is 8.84. The van der Waals surface area contributed by atoms with Crippen molar-refractivity contribution in [3.8, 4) is 5.88 Å². The molecule has 3 fully saturated rings. The fourth-order valence-electron chi connectivity index (χ4n) is 6.08. The van der Waals surface area contributed by atoms with Crippen molar-refractivity contribution in [2.45, 2.75) is 70.7 Å². The molecule has 8 nitrogen and oxygen atoms in total. The Morgan fingerprint density at radius 1 is 1.00 bits per heavy atom. The van der Waals surface area contributed by atoms with E-state index in [9.17, 15) is 0 Å². The Kier molecular flexibility index (Phi) is 7.65. The standard InChI is InChI=1S/C34H40N6O2/c1-23-8-11-31-32(18-23)40(20-28-14-17-41-28)33(37-31)21-39-15-12-25(13-16-39)30-6-3-7-34(38-30)42-22-27-5-2-4-26(36-27)19-29(35)24-9-10-24/h2-8,11,18-19,24-25,28H,9-10,12-17,20-22,35H2,1H3. The van der Waals surface area contributed by atoms with Gasteiger partial charge in [-0.3, -0.25) is 4.90 Å². The molecule has 3 aromatic heterocycles. The molecule has 3 aliphatic rings. The summed E-state index contributed by atoms with van der Waals surface area (Å²) in [6, 6.07) is 18.7. The van der Waals surface area contributed by atoms with Crippen molar-refractivity contribution < 1.29 is 9.47 Å². The molecule has 1 unspecified atom stereocenters. The summed E-state index contributed by atoms with van der Waals surface area (Å²) in [5.74, 6) is 2.75. The van der Waals surface area contributed by atoms with Crippen LogP contribution < -0.4 is 10.5 Å². The molecule has 2 aliphatic heterocycles. The Balaban J connectivity index is 0.965. The summed E-state index contributed by atoms with van der Waals surface area (Å²) in [5, 5.41) is 0. The minimum Gasteiger partial charge on any atom is -0.471 e. The number of fused-ring (bicyclic) bond motifs is 1. The van der Waals surface area contributed by atoms with Gasteiger partial charge in [0.1, 0.15) is 12.4 Å². The molecule has 1 atom stereocenters. The highest BCUT2D eigenvalue weighted by Crippen LogP contribution is 2.34. The van der Waals surface area contributed by atoms with Gasteiger partial charge in [-0.25, -0.2) is 15.0 Å². The number of allylic oxidation sites excluding steroid dienone is 1. The zero-order valence-electron chi connectivity index (χ0n) is 24.4. The van der Waals surface area contributed by atoms with Crippen molar-refractivity contribution in [1.29, 1.82) is 0 Å². The third kappa shape index (κ3) is 6.20. The van der Waals surface area contributed by atoms with Gasteiger partial charge >= 0.3 is 0 Å². The van der Waals surface area contributed by atoms with E-state index in [0.29, 0.717) is 30.4 Å². The summed E-state index contributed by atoms with van der Waals surface area (Å²) in [4.78, 5) is 17.2. The number of imidazole rings is 1. The van der Waals surface area contributed by atoms with Crippen LogP contribution in [-0.4, -0.2) is 50.2 Å². The number of likely N-dealkylation sites (tertiary alicyclic amines) is 1. The monoisotopic (exact) mass is 564 g/mol. The lowest BCUT2D eigenvalue weighted by atomic mass is 9.93. The number of ether oxygens (including phenoxy) is 2. The molecule has 42 heavy (non-hydrogen) atoms. The van der Waals surface area contributed by atoms with Crippen LogP contribution in [0, 0.1) is 12.8 Å². The Bertz CT molecular complexity index is 1580. The first-order valence-corrected chi connectivity index (χ1v) is 15.4. The largest absolute Gasteiger partial charge is 0.471 e. The highest BCUT2D eigenvalue weighted by molar-refractivity contribution is 5.77. The molecule has 0 radical (unpaired) electrons. The molecule has 8 heteroatoms. The van der Waals surface area contributed by atoms with Crippen LogP contribution in [0.25, 0.3) is 17.1 Å². The van der Waals surface area contributed by atoms with Crippen molar-refractivity contribution in [2.24, 2.45) is 11.7 Å². The number of aromatic nitrogens is 4. The quantitative estimate of drug-likeness (QED) is 0.268. The normalized spacial score (nSPS) is 20.1. The number of hydrogen-bond acceptors (Lipinski definition) is 7. The van der Waals surface area contributed by atoms with Gasteiger partial charge in [-0.15, -0.1) is 0 Å². The summed E-state index contributed by atoms with van der Waals surface area (Å²) in [6.45, 7) is 7.18. The lowest BCUT2D eigenvalue weighted by molar-refractivity contribution is -0.0592. The molecule has 218 valence electrons. The average Bonchev–Trinajstić information content (AvgIpc) is 3.78. The molecule has 0 amide bonds. The molecule has 1 aromatic carbocycles. The van der Waals surface area contributed by atoms with Crippen LogP contribution >= 0.6 is 0 Å². The van der Waals surface area contributed by atoms with E-state index >= 15 is 0 Å². The van der Waals surface area contributed by atoms with Crippen molar-refractivity contribution in [2.75, 3.05) is 19.7 Å². The van der Waals surface area contributed by atoms with E-state index in [-0.39, 0.29) is 0 Å². The highest BCUT2D eigenvalue weighted by atomic mass is 16.5. The molecule has 2 saturated heterocycles. The zero-order chi connectivity index (χ0) is 28.5. The lowest BCUT2D eigenvalue weighted by Crippen LogP contribution is -2.35. The minimum atomic E-state index is 0.302. The fraction of sp³-hybridized carbons (Fsp3) is 0.441. The number of nitrogens with two attached hydrogens (primary N) is 1. The molecule has 2 N–H and O–H groups in total. The van der Waals surface area contributed by atoms with E-state index in [0.717, 1.165) is 86.2 Å². The van der Waals surface area contributed by atoms with Gasteiger partial charge in [-0.1, -0.05) is 18.2 Å². The second-order valence-electron chi connectivity index (χ2n) is 12.1. The summed E-state index contributed by atoms with van der Waals surface area (Å²) in [7, 11) is 0. The van der Waals surface area contributed by atoms with Gasteiger partial charge in [0.25, 0.3) is 0 Å². The van der Waals surface area contributed by atoms with Crippen molar-refractivity contribution in [3.05, 3.63) is 88.8 Å². The minimum absolute atomic E-state index is 0.302. The van der Waals surface area contributed by atoms with Gasteiger partial charge in [0.2, 0.25) is 5.88 Å². The van der Waals surface area contributed by atoms with Crippen molar-refractivity contribution in [1.82, 2.24) is 24.4 Å². The summed E-state index contributed by atoms with van der Waals surface area (Å²) < 4.78 is 14.3. The van der Waals surface area contributed by atoms with Crippen LogP contribution in [0.4, 0.5) is 0 Å². The number of hydrogen-bond donors (Lipinski definition) is 1. The molecule has 4 aromatic rings. The van der Waals surface area contributed by atoms with Crippen LogP contribution in [-0.2, 0) is 24.4 Å². The van der Waals surface area contributed by atoms with E-state index in [1.165, 1.54) is 23.9 Å². The Morgan fingerprint density at radius 3 is 2.62 bits per heavy atom. The zero-order valence-corrected chi connectivity index (χ0v) is 24.4. The smallest absolute Gasteiger partial charge is 0.213 e. The van der Waals surface area contributed by atoms with Crippen LogP contribution in [0.3, 0.4) is 0 Å². The maximum atomic E-state index is 6.18. The Morgan fingerprint density at radius 2 is 1.83 bits per heavy atom. The SMILES string of the molecule is Cc1ccc2nc(CN3CCC(c4cccc(OCc5cccc(C=C(N)C6CC6)n5)n4)CC3)n(CC3CCO3)c2c1. The Hall–Kier alpha value is -3.75. The van der Waals surface area contributed by atoms with Crippen molar-refractivity contribution in [3.63, 3.8) is 0 Å². The van der Waals surface area contributed by atoms with Gasteiger partial charge in [-0.05, 0) is 100 Å². The number of rotatable bonds is 10. The lowest BCUT2D eigenvalue weighted by Gasteiger charge is -2.32. The molecular weight excluding hydrogens is 524 g/mol. The highest BCUT2D eigenvalue weighted by Gasteiger charge is 2.26. The molecule has 0 bridgehead atoms. The molecule has 7 rings (SSSR count). The van der Waals surface area contributed by atoms with Gasteiger partial charge in [0, 0.05) is 30.0 Å². The second-order valence-corrected chi connectivity index (χ2v) is 12.1. The number of pyridine rings is 2. The second kappa shape index (κ2) is 11.9. The van der Waals surface area contributed by atoms with E-state index < -0.39 is 0 Å². The van der Waals surface area contributed by atoms with Gasteiger partial charge < -0.3 is 19.8 Å². The van der Waals surface area contributed by atoms with E-state index in [4.69, 9.17) is 30.2 Å². The molecule has 1 saturated carbocycles. The molecular formula is C34H40N6O2. The van der Waals surface area contributed by atoms with Crippen LogP contribution in [0.5, 0.6) is 5.88 Å². The van der Waals surface area contributed by atoms with E-state index in [2.05, 4.69) is 46.7 Å². The average molecular weight is 565 g/mol. The van der Waals surface area contributed by atoms with Crippen LogP contribution in [0.2, 0.25) is 0 Å². The number of benzene rings is 1.